The first-order chi connectivity index (χ1) is 8.88. The lowest BCUT2D eigenvalue weighted by Gasteiger charge is -2.28. The first-order valence-corrected chi connectivity index (χ1v) is 6.62. The Kier molecular flexibility index (Phi) is 5.60. The van der Waals surface area contributed by atoms with Gasteiger partial charge >= 0.3 is 0 Å². The minimum atomic E-state index is -0.293. The Labute approximate surface area is 115 Å². The van der Waals surface area contributed by atoms with Crippen LogP contribution in [0.4, 0.5) is 10.1 Å². The van der Waals surface area contributed by atoms with Gasteiger partial charge in [-0.3, -0.25) is 0 Å². The maximum Gasteiger partial charge on any atom is 0.145 e. The van der Waals surface area contributed by atoms with Gasteiger partial charge in [-0.05, 0) is 46.2 Å². The zero-order chi connectivity index (χ0) is 14.5. The van der Waals surface area contributed by atoms with Crippen molar-refractivity contribution < 1.29 is 13.9 Å². The molecule has 1 N–H and O–H groups in total. The van der Waals surface area contributed by atoms with Crippen LogP contribution in [0.1, 0.15) is 34.1 Å². The molecule has 1 aromatic carbocycles. The number of anilines is 1. The zero-order valence-corrected chi connectivity index (χ0v) is 12.4. The standard InChI is InChI=1S/C15H24FNO2/c1-6-19-14-9-12(16)7-8-13(14)17-11(2)10-15(3,4)18-5/h7-9,11,17H,6,10H2,1-5H3. The van der Waals surface area contributed by atoms with Crippen molar-refractivity contribution >= 4 is 5.69 Å². The molecule has 0 heterocycles. The molecule has 3 nitrogen and oxygen atoms in total. The molecule has 0 saturated heterocycles. The van der Waals surface area contributed by atoms with Crippen LogP contribution in [-0.2, 0) is 4.74 Å². The number of nitrogens with one attached hydrogen (secondary N) is 1. The molecule has 1 unspecified atom stereocenters. The second-order valence-corrected chi connectivity index (χ2v) is 5.29. The third-order valence-electron chi connectivity index (χ3n) is 3.00. The lowest BCUT2D eigenvalue weighted by molar-refractivity contribution is 0.0128. The SMILES string of the molecule is CCOc1cc(F)ccc1NC(C)CC(C)(C)OC. The molecule has 4 heteroatoms. The summed E-state index contributed by atoms with van der Waals surface area (Å²) in [4.78, 5) is 0. The summed E-state index contributed by atoms with van der Waals surface area (Å²) in [5.41, 5.74) is 0.612. The second-order valence-electron chi connectivity index (χ2n) is 5.29. The van der Waals surface area contributed by atoms with Gasteiger partial charge < -0.3 is 14.8 Å². The van der Waals surface area contributed by atoms with E-state index in [1.54, 1.807) is 13.2 Å². The topological polar surface area (TPSA) is 30.5 Å². The number of halogens is 1. The highest BCUT2D eigenvalue weighted by molar-refractivity contribution is 5.57. The number of rotatable bonds is 7. The molecule has 0 amide bonds. The highest BCUT2D eigenvalue weighted by atomic mass is 19.1. The van der Waals surface area contributed by atoms with E-state index in [9.17, 15) is 4.39 Å². The third-order valence-corrected chi connectivity index (χ3v) is 3.00. The molecule has 108 valence electrons. The fourth-order valence-corrected chi connectivity index (χ4v) is 2.03. The maximum absolute atomic E-state index is 13.2. The second kappa shape index (κ2) is 6.75. The molecule has 19 heavy (non-hydrogen) atoms. The van der Waals surface area contributed by atoms with Crippen LogP contribution in [-0.4, -0.2) is 25.4 Å². The van der Waals surface area contributed by atoms with E-state index in [1.165, 1.54) is 12.1 Å². The van der Waals surface area contributed by atoms with Gasteiger partial charge in [-0.15, -0.1) is 0 Å². The Balaban J connectivity index is 2.75. The summed E-state index contributed by atoms with van der Waals surface area (Å²) in [6, 6.07) is 4.73. The molecule has 1 aromatic rings. The van der Waals surface area contributed by atoms with Crippen LogP contribution in [0.25, 0.3) is 0 Å². The van der Waals surface area contributed by atoms with Gasteiger partial charge in [0.2, 0.25) is 0 Å². The minimum Gasteiger partial charge on any atom is -0.492 e. The fourth-order valence-electron chi connectivity index (χ4n) is 2.03. The van der Waals surface area contributed by atoms with E-state index >= 15 is 0 Å². The molecule has 0 aromatic heterocycles. The molecule has 0 bridgehead atoms. The first-order valence-electron chi connectivity index (χ1n) is 6.62. The van der Waals surface area contributed by atoms with Crippen LogP contribution in [0.5, 0.6) is 5.75 Å². The molecular weight excluding hydrogens is 245 g/mol. The van der Waals surface area contributed by atoms with Crippen molar-refractivity contribution in [1.29, 1.82) is 0 Å². The van der Waals surface area contributed by atoms with Crippen LogP contribution >= 0.6 is 0 Å². The van der Waals surface area contributed by atoms with Crippen LogP contribution < -0.4 is 10.1 Å². The number of methoxy groups -OCH3 is 1. The van der Waals surface area contributed by atoms with E-state index in [2.05, 4.69) is 12.2 Å². The largest absolute Gasteiger partial charge is 0.492 e. The molecule has 0 aliphatic carbocycles. The zero-order valence-electron chi connectivity index (χ0n) is 12.4. The smallest absolute Gasteiger partial charge is 0.145 e. The summed E-state index contributed by atoms with van der Waals surface area (Å²) in [5.74, 6) is 0.253. The summed E-state index contributed by atoms with van der Waals surface area (Å²) in [6.45, 7) is 8.54. The van der Waals surface area contributed by atoms with Crippen molar-refractivity contribution in [3.8, 4) is 5.75 Å². The molecule has 0 spiro atoms. The van der Waals surface area contributed by atoms with Gasteiger partial charge in [0.15, 0.2) is 0 Å². The van der Waals surface area contributed by atoms with Crippen LogP contribution in [0.2, 0.25) is 0 Å². The normalized spacial score (nSPS) is 13.2. The lowest BCUT2D eigenvalue weighted by Crippen LogP contribution is -2.31. The van der Waals surface area contributed by atoms with E-state index in [1.807, 2.05) is 20.8 Å². The van der Waals surface area contributed by atoms with Crippen LogP contribution in [0, 0.1) is 5.82 Å². The summed E-state index contributed by atoms with van der Waals surface area (Å²) in [7, 11) is 1.70. The highest BCUT2D eigenvalue weighted by Crippen LogP contribution is 2.27. The van der Waals surface area contributed by atoms with E-state index in [0.717, 1.165) is 12.1 Å². The van der Waals surface area contributed by atoms with Gasteiger partial charge in [-0.2, -0.15) is 0 Å². The number of ether oxygens (including phenoxy) is 2. The Hall–Kier alpha value is -1.29. The summed E-state index contributed by atoms with van der Waals surface area (Å²) < 4.78 is 24.1. The monoisotopic (exact) mass is 269 g/mol. The molecule has 0 fully saturated rings. The number of benzene rings is 1. The summed E-state index contributed by atoms with van der Waals surface area (Å²) in [5, 5.41) is 3.34. The summed E-state index contributed by atoms with van der Waals surface area (Å²) >= 11 is 0. The third kappa shape index (κ3) is 5.07. The van der Waals surface area contributed by atoms with Crippen molar-refractivity contribution in [1.82, 2.24) is 0 Å². The van der Waals surface area contributed by atoms with Crippen molar-refractivity contribution in [3.05, 3.63) is 24.0 Å². The molecule has 1 rings (SSSR count). The van der Waals surface area contributed by atoms with Gasteiger partial charge in [-0.25, -0.2) is 4.39 Å². The van der Waals surface area contributed by atoms with Crippen molar-refractivity contribution in [2.24, 2.45) is 0 Å². The first kappa shape index (κ1) is 15.8. The Morgan fingerprint density at radius 2 is 2.05 bits per heavy atom. The van der Waals surface area contributed by atoms with Gasteiger partial charge in [0.1, 0.15) is 11.6 Å². The maximum atomic E-state index is 13.2. The quantitative estimate of drug-likeness (QED) is 0.815. The van der Waals surface area contributed by atoms with Crippen molar-refractivity contribution in [3.63, 3.8) is 0 Å². The van der Waals surface area contributed by atoms with Gasteiger partial charge in [-0.1, -0.05) is 0 Å². The number of hydrogen-bond donors (Lipinski definition) is 1. The molecule has 0 radical (unpaired) electrons. The van der Waals surface area contributed by atoms with E-state index in [-0.39, 0.29) is 17.5 Å². The molecule has 0 saturated carbocycles. The molecule has 0 aliphatic rings. The minimum absolute atomic E-state index is 0.194. The molecule has 0 aliphatic heterocycles. The Morgan fingerprint density at radius 3 is 2.63 bits per heavy atom. The van der Waals surface area contributed by atoms with Gasteiger partial charge in [0.05, 0.1) is 17.9 Å². The highest BCUT2D eigenvalue weighted by Gasteiger charge is 2.20. The van der Waals surface area contributed by atoms with Crippen molar-refractivity contribution in [2.75, 3.05) is 19.0 Å². The average molecular weight is 269 g/mol. The Bertz CT molecular complexity index is 407. The fraction of sp³-hybridized carbons (Fsp3) is 0.600. The van der Waals surface area contributed by atoms with Gasteiger partial charge in [0, 0.05) is 19.2 Å². The summed E-state index contributed by atoms with van der Waals surface area (Å²) in [6.07, 6.45) is 0.840. The molecular formula is C15H24FNO2. The van der Waals surface area contributed by atoms with Crippen LogP contribution in [0.3, 0.4) is 0 Å². The molecule has 1 atom stereocenters. The van der Waals surface area contributed by atoms with E-state index in [4.69, 9.17) is 9.47 Å². The van der Waals surface area contributed by atoms with Crippen molar-refractivity contribution in [2.45, 2.75) is 45.8 Å². The predicted octanol–water partition coefficient (Wildman–Crippen LogP) is 3.84. The van der Waals surface area contributed by atoms with Gasteiger partial charge in [0.25, 0.3) is 0 Å². The average Bonchev–Trinajstić information content (AvgIpc) is 2.32. The van der Waals surface area contributed by atoms with E-state index in [0.29, 0.717) is 12.4 Å². The number of hydrogen-bond acceptors (Lipinski definition) is 3. The van der Waals surface area contributed by atoms with Crippen LogP contribution in [0.15, 0.2) is 18.2 Å². The Morgan fingerprint density at radius 1 is 1.37 bits per heavy atom. The predicted molar refractivity (Wildman–Crippen MR) is 76.4 cm³/mol. The lowest BCUT2D eigenvalue weighted by atomic mass is 9.99. The van der Waals surface area contributed by atoms with E-state index < -0.39 is 0 Å².